The Kier molecular flexibility index (Phi) is 4.69. The smallest absolute Gasteiger partial charge is 0.168 e. The van der Waals surface area contributed by atoms with Crippen LogP contribution in [0.15, 0.2) is 28.7 Å². The maximum absolute atomic E-state index is 11.9. The predicted octanol–water partition coefficient (Wildman–Crippen LogP) is 3.11. The van der Waals surface area contributed by atoms with Gasteiger partial charge >= 0.3 is 0 Å². The van der Waals surface area contributed by atoms with E-state index in [4.69, 9.17) is 0 Å². The molecule has 1 rings (SSSR count). The van der Waals surface area contributed by atoms with Crippen LogP contribution in [-0.2, 0) is 11.2 Å². The summed E-state index contributed by atoms with van der Waals surface area (Å²) in [7, 11) is 0. The van der Waals surface area contributed by atoms with Crippen molar-refractivity contribution in [2.75, 3.05) is 0 Å². The number of Topliss-reactive ketones (excluding diaryl/α,β-unsaturated/α-hetero) is 1. The molecule has 1 aromatic rings. The second-order valence-electron chi connectivity index (χ2n) is 3.97. The van der Waals surface area contributed by atoms with Crippen LogP contribution in [0.1, 0.15) is 32.3 Å². The average Bonchev–Trinajstić information content (AvgIpc) is 2.31. The summed E-state index contributed by atoms with van der Waals surface area (Å²) >= 11 is 3.34. The number of halogens is 1. The number of carbonyl (C=O) groups excluding carboxylic acids is 1. The fourth-order valence-electron chi connectivity index (χ4n) is 1.60. The number of aliphatic hydroxyl groups is 1. The monoisotopic (exact) mass is 284 g/mol. The van der Waals surface area contributed by atoms with E-state index in [9.17, 15) is 9.90 Å². The Hall–Kier alpha value is -0.670. The molecule has 1 N–H and O–H groups in total. The zero-order valence-corrected chi connectivity index (χ0v) is 11.3. The molecule has 0 aliphatic rings. The van der Waals surface area contributed by atoms with Crippen LogP contribution >= 0.6 is 15.9 Å². The van der Waals surface area contributed by atoms with Crippen LogP contribution in [-0.4, -0.2) is 16.5 Å². The van der Waals surface area contributed by atoms with Crippen molar-refractivity contribution in [3.05, 3.63) is 34.3 Å². The Balaban J connectivity index is 2.74. The summed E-state index contributed by atoms with van der Waals surface area (Å²) in [6.45, 7) is 3.67. The first-order valence-electron chi connectivity index (χ1n) is 5.52. The fraction of sp³-hybridized carbons (Fsp3) is 0.462. The van der Waals surface area contributed by atoms with Gasteiger partial charge in [-0.25, -0.2) is 0 Å². The Morgan fingerprint density at radius 2 is 1.75 bits per heavy atom. The van der Waals surface area contributed by atoms with Crippen molar-refractivity contribution in [2.24, 2.45) is 0 Å². The lowest BCUT2D eigenvalue weighted by Gasteiger charge is -2.23. The van der Waals surface area contributed by atoms with Gasteiger partial charge in [-0.3, -0.25) is 4.79 Å². The highest BCUT2D eigenvalue weighted by Gasteiger charge is 2.31. The molecule has 88 valence electrons. The molecule has 3 heteroatoms. The van der Waals surface area contributed by atoms with Gasteiger partial charge in [0.2, 0.25) is 0 Å². The lowest BCUT2D eigenvalue weighted by Crippen LogP contribution is -2.38. The molecule has 0 amide bonds. The largest absolute Gasteiger partial charge is 0.382 e. The maximum atomic E-state index is 11.9. The molecule has 0 heterocycles. The summed E-state index contributed by atoms with van der Waals surface area (Å²) in [5.41, 5.74) is -0.221. The summed E-state index contributed by atoms with van der Waals surface area (Å²) in [4.78, 5) is 11.9. The first-order chi connectivity index (χ1) is 7.51. The molecule has 0 fully saturated rings. The number of hydrogen-bond acceptors (Lipinski definition) is 2. The molecule has 0 saturated heterocycles. The number of ketones is 1. The van der Waals surface area contributed by atoms with Gasteiger partial charge in [-0.05, 0) is 30.5 Å². The molecule has 16 heavy (non-hydrogen) atoms. The minimum absolute atomic E-state index is 0.0974. The zero-order valence-electron chi connectivity index (χ0n) is 9.66. The van der Waals surface area contributed by atoms with Gasteiger partial charge in [-0.15, -0.1) is 0 Å². The van der Waals surface area contributed by atoms with Crippen LogP contribution < -0.4 is 0 Å². The Bertz CT molecular complexity index is 353. The second kappa shape index (κ2) is 5.60. The highest BCUT2D eigenvalue weighted by atomic mass is 79.9. The second-order valence-corrected chi connectivity index (χ2v) is 4.88. The van der Waals surface area contributed by atoms with Gasteiger partial charge < -0.3 is 5.11 Å². The van der Waals surface area contributed by atoms with Gasteiger partial charge in [0.1, 0.15) is 5.60 Å². The van der Waals surface area contributed by atoms with Crippen molar-refractivity contribution in [3.63, 3.8) is 0 Å². The van der Waals surface area contributed by atoms with Crippen LogP contribution in [0.2, 0.25) is 0 Å². The molecule has 0 radical (unpaired) electrons. The third-order valence-electron chi connectivity index (χ3n) is 2.97. The van der Waals surface area contributed by atoms with Crippen LogP contribution in [0.25, 0.3) is 0 Å². The Morgan fingerprint density at radius 1 is 1.25 bits per heavy atom. The molecule has 0 saturated carbocycles. The van der Waals surface area contributed by atoms with Crippen LogP contribution in [0.4, 0.5) is 0 Å². The quantitative estimate of drug-likeness (QED) is 0.902. The van der Waals surface area contributed by atoms with E-state index in [2.05, 4.69) is 15.9 Å². The highest BCUT2D eigenvalue weighted by Crippen LogP contribution is 2.19. The number of hydrogen-bond donors (Lipinski definition) is 1. The standard InChI is InChI=1S/C13H17BrO2/c1-3-13(16,4-2)12(15)9-10-5-7-11(14)8-6-10/h5-8,16H,3-4,9H2,1-2H3. The van der Waals surface area contributed by atoms with Gasteiger partial charge in [0.25, 0.3) is 0 Å². The van der Waals surface area contributed by atoms with Gasteiger partial charge in [0, 0.05) is 10.9 Å². The number of carbonyl (C=O) groups is 1. The van der Waals surface area contributed by atoms with Gasteiger partial charge in [0.05, 0.1) is 0 Å². The molecular formula is C13H17BrO2. The molecular weight excluding hydrogens is 268 g/mol. The van der Waals surface area contributed by atoms with Crippen LogP contribution in [0, 0.1) is 0 Å². The lowest BCUT2D eigenvalue weighted by atomic mass is 9.88. The molecule has 0 aromatic heterocycles. The van der Waals surface area contributed by atoms with Crippen LogP contribution in [0.5, 0.6) is 0 Å². The van der Waals surface area contributed by atoms with E-state index in [-0.39, 0.29) is 5.78 Å². The van der Waals surface area contributed by atoms with E-state index < -0.39 is 5.60 Å². The van der Waals surface area contributed by atoms with Crippen molar-refractivity contribution >= 4 is 21.7 Å². The Morgan fingerprint density at radius 3 is 2.19 bits per heavy atom. The molecule has 0 spiro atoms. The molecule has 2 nitrogen and oxygen atoms in total. The Labute approximate surface area is 105 Å². The minimum Gasteiger partial charge on any atom is -0.382 e. The minimum atomic E-state index is -1.16. The van der Waals surface area contributed by atoms with E-state index in [1.165, 1.54) is 0 Å². The molecule has 0 unspecified atom stereocenters. The summed E-state index contributed by atoms with van der Waals surface area (Å²) in [5.74, 6) is -0.0974. The van der Waals surface area contributed by atoms with Crippen LogP contribution in [0.3, 0.4) is 0 Å². The summed E-state index contributed by atoms with van der Waals surface area (Å²) in [6.07, 6.45) is 1.24. The van der Waals surface area contributed by atoms with E-state index in [1.54, 1.807) is 0 Å². The number of rotatable bonds is 5. The molecule has 0 bridgehead atoms. The molecule has 1 aromatic carbocycles. The molecule has 0 atom stereocenters. The van der Waals surface area contributed by atoms with E-state index >= 15 is 0 Å². The molecule has 0 aliphatic heterocycles. The first-order valence-corrected chi connectivity index (χ1v) is 6.31. The molecule has 0 aliphatic carbocycles. The van der Waals surface area contributed by atoms with Gasteiger partial charge in [-0.2, -0.15) is 0 Å². The van der Waals surface area contributed by atoms with Gasteiger partial charge in [0.15, 0.2) is 5.78 Å². The SMILES string of the molecule is CCC(O)(CC)C(=O)Cc1ccc(Br)cc1. The third kappa shape index (κ3) is 3.16. The predicted molar refractivity (Wildman–Crippen MR) is 68.4 cm³/mol. The summed E-state index contributed by atoms with van der Waals surface area (Å²) in [6, 6.07) is 7.60. The lowest BCUT2D eigenvalue weighted by molar-refractivity contribution is -0.137. The topological polar surface area (TPSA) is 37.3 Å². The third-order valence-corrected chi connectivity index (χ3v) is 3.50. The van der Waals surface area contributed by atoms with Gasteiger partial charge in [-0.1, -0.05) is 41.9 Å². The maximum Gasteiger partial charge on any atom is 0.168 e. The van der Waals surface area contributed by atoms with Crippen molar-refractivity contribution in [1.29, 1.82) is 0 Å². The number of benzene rings is 1. The average molecular weight is 285 g/mol. The van der Waals surface area contributed by atoms with Crippen molar-refractivity contribution in [3.8, 4) is 0 Å². The first kappa shape index (κ1) is 13.4. The zero-order chi connectivity index (χ0) is 12.2. The summed E-state index contributed by atoms with van der Waals surface area (Å²) < 4.78 is 0.991. The highest BCUT2D eigenvalue weighted by molar-refractivity contribution is 9.10. The van der Waals surface area contributed by atoms with Crippen molar-refractivity contribution in [2.45, 2.75) is 38.7 Å². The summed E-state index contributed by atoms with van der Waals surface area (Å²) in [5, 5.41) is 10.1. The normalized spacial score (nSPS) is 11.5. The van der Waals surface area contributed by atoms with Crippen molar-refractivity contribution in [1.82, 2.24) is 0 Å². The van der Waals surface area contributed by atoms with Crippen molar-refractivity contribution < 1.29 is 9.90 Å². The fourth-order valence-corrected chi connectivity index (χ4v) is 1.86. The van der Waals surface area contributed by atoms with E-state index in [0.29, 0.717) is 19.3 Å². The van der Waals surface area contributed by atoms with E-state index in [1.807, 2.05) is 38.1 Å². The van der Waals surface area contributed by atoms with E-state index in [0.717, 1.165) is 10.0 Å².